The van der Waals surface area contributed by atoms with Gasteiger partial charge in [-0.2, -0.15) is 0 Å². The van der Waals surface area contributed by atoms with Crippen molar-refractivity contribution >= 4 is 0 Å². The average molecular weight is 229 g/mol. The monoisotopic (exact) mass is 229 g/mol. The van der Waals surface area contributed by atoms with E-state index in [0.29, 0.717) is 5.92 Å². The van der Waals surface area contributed by atoms with Crippen LogP contribution in [0, 0.1) is 5.92 Å². The zero-order chi connectivity index (χ0) is 11.4. The molecule has 0 aliphatic carbocycles. The Balaban J connectivity index is 1.91. The van der Waals surface area contributed by atoms with Gasteiger partial charge in [0.25, 0.3) is 0 Å². The molecule has 0 radical (unpaired) electrons. The number of hydrogen-bond acceptors (Lipinski definition) is 5. The Labute approximate surface area is 97.2 Å². The highest BCUT2D eigenvalue weighted by molar-refractivity contribution is 4.87. The molecule has 2 heterocycles. The molecule has 2 aliphatic heterocycles. The topological polar surface area (TPSA) is 59.8 Å². The van der Waals surface area contributed by atoms with Crippen molar-refractivity contribution in [1.82, 2.24) is 10.3 Å². The lowest BCUT2D eigenvalue weighted by molar-refractivity contribution is -0.0612. The van der Waals surface area contributed by atoms with Crippen LogP contribution < -0.4 is 11.3 Å². The quantitative estimate of drug-likeness (QED) is 0.508. The first-order valence-corrected chi connectivity index (χ1v) is 6.15. The number of nitrogens with two attached hydrogens (primary N) is 1. The molecule has 16 heavy (non-hydrogen) atoms. The second kappa shape index (κ2) is 5.93. The zero-order valence-corrected chi connectivity index (χ0v) is 10.0. The van der Waals surface area contributed by atoms with Crippen LogP contribution in [-0.4, -0.2) is 57.0 Å². The van der Waals surface area contributed by atoms with E-state index in [4.69, 9.17) is 15.3 Å². The van der Waals surface area contributed by atoms with Crippen molar-refractivity contribution < 1.29 is 9.47 Å². The highest BCUT2D eigenvalue weighted by Gasteiger charge is 2.33. The van der Waals surface area contributed by atoms with E-state index >= 15 is 0 Å². The van der Waals surface area contributed by atoms with E-state index in [-0.39, 0.29) is 12.1 Å². The zero-order valence-electron chi connectivity index (χ0n) is 10.0. The van der Waals surface area contributed by atoms with Crippen LogP contribution in [0.1, 0.15) is 12.8 Å². The first kappa shape index (κ1) is 12.3. The lowest BCUT2D eigenvalue weighted by Crippen LogP contribution is -2.56. The summed E-state index contributed by atoms with van der Waals surface area (Å²) in [6.07, 6.45) is 2.38. The van der Waals surface area contributed by atoms with E-state index in [0.717, 1.165) is 45.8 Å². The van der Waals surface area contributed by atoms with E-state index in [1.165, 1.54) is 0 Å². The van der Waals surface area contributed by atoms with Crippen LogP contribution in [0.15, 0.2) is 0 Å². The van der Waals surface area contributed by atoms with Crippen LogP contribution in [-0.2, 0) is 9.47 Å². The smallest absolute Gasteiger partial charge is 0.0871 e. The molecule has 0 saturated carbocycles. The first-order chi connectivity index (χ1) is 7.81. The fourth-order valence-electron chi connectivity index (χ4n) is 2.65. The van der Waals surface area contributed by atoms with E-state index in [9.17, 15) is 0 Å². The summed E-state index contributed by atoms with van der Waals surface area (Å²) in [4.78, 5) is 2.30. The van der Waals surface area contributed by atoms with Crippen molar-refractivity contribution in [2.75, 3.05) is 40.0 Å². The molecule has 0 aromatic carbocycles. The second-order valence-corrected chi connectivity index (χ2v) is 4.81. The SMILES string of the molecule is CN1CCOC(C(NN)C2CCOCC2)C1. The normalized spacial score (nSPS) is 31.5. The largest absolute Gasteiger partial charge is 0.381 e. The Morgan fingerprint density at radius 2 is 2.06 bits per heavy atom. The summed E-state index contributed by atoms with van der Waals surface area (Å²) in [7, 11) is 2.13. The van der Waals surface area contributed by atoms with Crippen LogP contribution in [0.2, 0.25) is 0 Å². The number of morpholine rings is 1. The van der Waals surface area contributed by atoms with Gasteiger partial charge in [0.15, 0.2) is 0 Å². The standard InChI is InChI=1S/C11H23N3O2/c1-14-4-7-16-10(8-14)11(13-12)9-2-5-15-6-3-9/h9-11,13H,2-8,12H2,1H3. The molecule has 2 unspecified atom stereocenters. The molecule has 3 N–H and O–H groups in total. The summed E-state index contributed by atoms with van der Waals surface area (Å²) < 4.78 is 11.2. The number of nitrogens with zero attached hydrogens (tertiary/aromatic N) is 1. The molecular formula is C11H23N3O2. The lowest BCUT2D eigenvalue weighted by atomic mass is 9.88. The summed E-state index contributed by atoms with van der Waals surface area (Å²) >= 11 is 0. The average Bonchev–Trinajstić information content (AvgIpc) is 2.31. The molecule has 0 bridgehead atoms. The van der Waals surface area contributed by atoms with E-state index in [1.54, 1.807) is 0 Å². The van der Waals surface area contributed by atoms with Crippen LogP contribution in [0.3, 0.4) is 0 Å². The molecule has 2 saturated heterocycles. The molecule has 0 amide bonds. The number of likely N-dealkylation sites (N-methyl/N-ethyl adjacent to an activating group) is 1. The van der Waals surface area contributed by atoms with Crippen LogP contribution in [0.4, 0.5) is 0 Å². The van der Waals surface area contributed by atoms with Gasteiger partial charge in [-0.1, -0.05) is 0 Å². The number of nitrogens with one attached hydrogen (secondary N) is 1. The number of rotatable bonds is 3. The van der Waals surface area contributed by atoms with Crippen molar-refractivity contribution in [3.63, 3.8) is 0 Å². The van der Waals surface area contributed by atoms with E-state index < -0.39 is 0 Å². The van der Waals surface area contributed by atoms with Gasteiger partial charge in [0.2, 0.25) is 0 Å². The Morgan fingerprint density at radius 1 is 1.31 bits per heavy atom. The van der Waals surface area contributed by atoms with Crippen LogP contribution >= 0.6 is 0 Å². The minimum atomic E-state index is 0.215. The predicted molar refractivity (Wildman–Crippen MR) is 61.9 cm³/mol. The van der Waals surface area contributed by atoms with Crippen LogP contribution in [0.5, 0.6) is 0 Å². The fourth-order valence-corrected chi connectivity index (χ4v) is 2.65. The maximum absolute atomic E-state index is 5.83. The summed E-state index contributed by atoms with van der Waals surface area (Å²) in [5.74, 6) is 6.27. The number of hydrogen-bond donors (Lipinski definition) is 2. The summed E-state index contributed by atoms with van der Waals surface area (Å²) in [5.41, 5.74) is 2.95. The van der Waals surface area contributed by atoms with Gasteiger partial charge in [-0.05, 0) is 25.8 Å². The Hall–Kier alpha value is -0.200. The van der Waals surface area contributed by atoms with Gasteiger partial charge in [-0.3, -0.25) is 11.3 Å². The number of hydrazine groups is 1. The summed E-state index contributed by atoms with van der Waals surface area (Å²) in [5, 5.41) is 0. The molecule has 5 nitrogen and oxygen atoms in total. The highest BCUT2D eigenvalue weighted by atomic mass is 16.5. The van der Waals surface area contributed by atoms with Crippen molar-refractivity contribution in [1.29, 1.82) is 0 Å². The van der Waals surface area contributed by atoms with Gasteiger partial charge in [0.1, 0.15) is 0 Å². The fraction of sp³-hybridized carbons (Fsp3) is 1.00. The van der Waals surface area contributed by atoms with Gasteiger partial charge in [-0.25, -0.2) is 0 Å². The highest BCUT2D eigenvalue weighted by Crippen LogP contribution is 2.23. The molecule has 2 aliphatic rings. The van der Waals surface area contributed by atoms with E-state index in [2.05, 4.69) is 17.4 Å². The molecule has 2 fully saturated rings. The molecule has 0 aromatic rings. The molecule has 0 aromatic heterocycles. The van der Waals surface area contributed by atoms with Gasteiger partial charge in [0, 0.05) is 26.3 Å². The molecule has 5 heteroatoms. The van der Waals surface area contributed by atoms with Gasteiger partial charge in [-0.15, -0.1) is 0 Å². The third-order valence-electron chi connectivity index (χ3n) is 3.66. The molecule has 2 atom stereocenters. The number of ether oxygens (including phenoxy) is 2. The van der Waals surface area contributed by atoms with Gasteiger partial charge >= 0.3 is 0 Å². The van der Waals surface area contributed by atoms with Gasteiger partial charge < -0.3 is 14.4 Å². The third-order valence-corrected chi connectivity index (χ3v) is 3.66. The van der Waals surface area contributed by atoms with Crippen LogP contribution in [0.25, 0.3) is 0 Å². The summed E-state index contributed by atoms with van der Waals surface area (Å²) in [6.45, 7) is 4.49. The second-order valence-electron chi connectivity index (χ2n) is 4.81. The molecule has 0 spiro atoms. The Bertz CT molecular complexity index is 209. The van der Waals surface area contributed by atoms with Crippen molar-refractivity contribution in [3.8, 4) is 0 Å². The third kappa shape index (κ3) is 2.93. The minimum Gasteiger partial charge on any atom is -0.381 e. The maximum Gasteiger partial charge on any atom is 0.0871 e. The van der Waals surface area contributed by atoms with Gasteiger partial charge in [0.05, 0.1) is 18.8 Å². The minimum absolute atomic E-state index is 0.215. The summed E-state index contributed by atoms with van der Waals surface area (Å²) in [6, 6.07) is 0.256. The van der Waals surface area contributed by atoms with E-state index in [1.807, 2.05) is 0 Å². The Morgan fingerprint density at radius 3 is 2.69 bits per heavy atom. The van der Waals surface area contributed by atoms with Crippen molar-refractivity contribution in [2.45, 2.75) is 25.0 Å². The molecular weight excluding hydrogens is 206 g/mol. The Kier molecular flexibility index (Phi) is 4.55. The molecule has 2 rings (SSSR count). The first-order valence-electron chi connectivity index (χ1n) is 6.15. The molecule has 94 valence electrons. The van der Waals surface area contributed by atoms with Crippen molar-refractivity contribution in [3.05, 3.63) is 0 Å². The predicted octanol–water partition coefficient (Wildman–Crippen LogP) is -0.424. The van der Waals surface area contributed by atoms with Crippen molar-refractivity contribution in [2.24, 2.45) is 11.8 Å². The maximum atomic E-state index is 5.83. The lowest BCUT2D eigenvalue weighted by Gasteiger charge is -2.39.